The summed E-state index contributed by atoms with van der Waals surface area (Å²) in [7, 11) is 4.93. The topological polar surface area (TPSA) is 27.7 Å². The molecule has 0 saturated carbocycles. The third-order valence-corrected chi connectivity index (χ3v) is 3.42. The van der Waals surface area contributed by atoms with Gasteiger partial charge in [-0.25, -0.2) is 0 Å². The maximum Gasteiger partial charge on any atom is 0.203 e. The molecule has 1 aromatic carbocycles. The van der Waals surface area contributed by atoms with Crippen LogP contribution >= 0.6 is 0 Å². The van der Waals surface area contributed by atoms with Crippen LogP contribution in [0.25, 0.3) is 0 Å². The van der Waals surface area contributed by atoms with Crippen molar-refractivity contribution in [2.45, 2.75) is 46.5 Å². The van der Waals surface area contributed by atoms with Gasteiger partial charge in [0.25, 0.3) is 0 Å². The third kappa shape index (κ3) is 3.81. The van der Waals surface area contributed by atoms with Crippen molar-refractivity contribution in [1.82, 2.24) is 0 Å². The highest BCUT2D eigenvalue weighted by Gasteiger charge is 2.29. The summed E-state index contributed by atoms with van der Waals surface area (Å²) in [6, 6.07) is 4.10. The van der Waals surface area contributed by atoms with E-state index >= 15 is 0 Å². The molecule has 1 aromatic rings. The van der Waals surface area contributed by atoms with Gasteiger partial charge in [-0.3, -0.25) is 0 Å². The Bertz CT molecular complexity index is 431. The number of ether oxygens (including phenoxy) is 3. The summed E-state index contributed by atoms with van der Waals surface area (Å²) in [6.07, 6.45) is 1.07. The van der Waals surface area contributed by atoms with E-state index in [1.807, 2.05) is 12.1 Å². The minimum absolute atomic E-state index is 0.0328. The van der Waals surface area contributed by atoms with Gasteiger partial charge in [-0.2, -0.15) is 0 Å². The summed E-state index contributed by atoms with van der Waals surface area (Å²) in [4.78, 5) is 0. The predicted octanol–water partition coefficient (Wildman–Crippen LogP) is 4.43. The molecule has 0 heterocycles. The SMILES string of the molecule is COc1cc(C(C)(C)CC(C)(C)C)cc(OC)c1OC. The fraction of sp³-hybridized carbons (Fsp3) is 0.647. The average Bonchev–Trinajstić information content (AvgIpc) is 2.33. The number of rotatable bonds is 5. The zero-order chi connectivity index (χ0) is 15.6. The first-order valence-electron chi connectivity index (χ1n) is 6.95. The lowest BCUT2D eigenvalue weighted by Crippen LogP contribution is -2.25. The Balaban J connectivity index is 3.32. The Labute approximate surface area is 123 Å². The largest absolute Gasteiger partial charge is 0.493 e. The van der Waals surface area contributed by atoms with Gasteiger partial charge in [-0.15, -0.1) is 0 Å². The fourth-order valence-electron chi connectivity index (χ4n) is 2.90. The summed E-state index contributed by atoms with van der Waals surface area (Å²) < 4.78 is 16.3. The van der Waals surface area contributed by atoms with Crippen molar-refractivity contribution in [3.8, 4) is 17.2 Å². The minimum atomic E-state index is 0.0328. The molecule has 0 N–H and O–H groups in total. The highest BCUT2D eigenvalue weighted by molar-refractivity contribution is 5.55. The molecule has 3 nitrogen and oxygen atoms in total. The molecule has 20 heavy (non-hydrogen) atoms. The zero-order valence-electron chi connectivity index (χ0n) is 14.1. The molecule has 0 amide bonds. The van der Waals surface area contributed by atoms with E-state index in [-0.39, 0.29) is 10.8 Å². The van der Waals surface area contributed by atoms with E-state index in [9.17, 15) is 0 Å². The monoisotopic (exact) mass is 280 g/mol. The van der Waals surface area contributed by atoms with Gasteiger partial charge < -0.3 is 14.2 Å². The normalized spacial score (nSPS) is 12.2. The van der Waals surface area contributed by atoms with E-state index in [2.05, 4.69) is 34.6 Å². The lowest BCUT2D eigenvalue weighted by Gasteiger charge is -2.33. The van der Waals surface area contributed by atoms with Gasteiger partial charge in [0.15, 0.2) is 11.5 Å². The van der Waals surface area contributed by atoms with Crippen LogP contribution in [0.4, 0.5) is 0 Å². The molecule has 0 atom stereocenters. The smallest absolute Gasteiger partial charge is 0.203 e. The summed E-state index contributed by atoms with van der Waals surface area (Å²) in [5.41, 5.74) is 1.48. The molecule has 3 heteroatoms. The van der Waals surface area contributed by atoms with E-state index in [4.69, 9.17) is 14.2 Å². The van der Waals surface area contributed by atoms with Crippen LogP contribution in [0.1, 0.15) is 46.6 Å². The van der Waals surface area contributed by atoms with Crippen LogP contribution in [0.2, 0.25) is 0 Å². The first kappa shape index (κ1) is 16.7. The van der Waals surface area contributed by atoms with Crippen molar-refractivity contribution in [1.29, 1.82) is 0 Å². The van der Waals surface area contributed by atoms with Crippen LogP contribution in [0.15, 0.2) is 12.1 Å². The van der Waals surface area contributed by atoms with Crippen molar-refractivity contribution in [2.24, 2.45) is 5.41 Å². The molecule has 0 aliphatic rings. The lowest BCUT2D eigenvalue weighted by atomic mass is 9.72. The van der Waals surface area contributed by atoms with Crippen molar-refractivity contribution in [3.63, 3.8) is 0 Å². The molecular weight excluding hydrogens is 252 g/mol. The second-order valence-corrected chi connectivity index (χ2v) is 7.04. The second kappa shape index (κ2) is 5.94. The Hall–Kier alpha value is -1.38. The number of hydrogen-bond donors (Lipinski definition) is 0. The Morgan fingerprint density at radius 1 is 0.800 bits per heavy atom. The van der Waals surface area contributed by atoms with E-state index in [1.165, 1.54) is 5.56 Å². The molecule has 0 fully saturated rings. The molecule has 0 bridgehead atoms. The van der Waals surface area contributed by atoms with Crippen LogP contribution in [-0.2, 0) is 5.41 Å². The highest BCUT2D eigenvalue weighted by atomic mass is 16.5. The molecular formula is C17H28O3. The van der Waals surface area contributed by atoms with Crippen molar-refractivity contribution < 1.29 is 14.2 Å². The molecule has 0 aliphatic heterocycles. The third-order valence-electron chi connectivity index (χ3n) is 3.42. The van der Waals surface area contributed by atoms with Crippen LogP contribution in [0, 0.1) is 5.41 Å². The Morgan fingerprint density at radius 3 is 1.55 bits per heavy atom. The molecule has 0 radical (unpaired) electrons. The van der Waals surface area contributed by atoms with Gasteiger partial charge in [0, 0.05) is 0 Å². The maximum absolute atomic E-state index is 5.44. The summed E-state index contributed by atoms with van der Waals surface area (Å²) >= 11 is 0. The predicted molar refractivity (Wildman–Crippen MR) is 83.2 cm³/mol. The van der Waals surface area contributed by atoms with E-state index in [1.54, 1.807) is 21.3 Å². The number of hydrogen-bond acceptors (Lipinski definition) is 3. The number of methoxy groups -OCH3 is 3. The fourth-order valence-corrected chi connectivity index (χ4v) is 2.90. The van der Waals surface area contributed by atoms with Gasteiger partial charge in [0.05, 0.1) is 21.3 Å². The molecule has 0 saturated heterocycles. The maximum atomic E-state index is 5.44. The van der Waals surface area contributed by atoms with Gasteiger partial charge in [-0.05, 0) is 34.9 Å². The molecule has 114 valence electrons. The van der Waals surface area contributed by atoms with Crippen molar-refractivity contribution in [2.75, 3.05) is 21.3 Å². The first-order valence-corrected chi connectivity index (χ1v) is 6.95. The van der Waals surface area contributed by atoms with Crippen LogP contribution in [0.5, 0.6) is 17.2 Å². The van der Waals surface area contributed by atoms with Gasteiger partial charge >= 0.3 is 0 Å². The molecule has 0 aromatic heterocycles. The summed E-state index contributed by atoms with van der Waals surface area (Å²) in [5.74, 6) is 2.07. The highest BCUT2D eigenvalue weighted by Crippen LogP contribution is 2.44. The van der Waals surface area contributed by atoms with E-state index in [0.29, 0.717) is 17.2 Å². The quantitative estimate of drug-likeness (QED) is 0.798. The van der Waals surface area contributed by atoms with Gasteiger partial charge in [-0.1, -0.05) is 34.6 Å². The Morgan fingerprint density at radius 2 is 1.25 bits per heavy atom. The minimum Gasteiger partial charge on any atom is -0.493 e. The lowest BCUT2D eigenvalue weighted by molar-refractivity contribution is 0.280. The average molecular weight is 280 g/mol. The van der Waals surface area contributed by atoms with Crippen LogP contribution in [0.3, 0.4) is 0 Å². The second-order valence-electron chi connectivity index (χ2n) is 7.04. The molecule has 0 spiro atoms. The van der Waals surface area contributed by atoms with Crippen molar-refractivity contribution in [3.05, 3.63) is 17.7 Å². The molecule has 1 rings (SSSR count). The first-order chi connectivity index (χ1) is 9.14. The van der Waals surface area contributed by atoms with Crippen LogP contribution < -0.4 is 14.2 Å². The standard InChI is InChI=1S/C17H28O3/c1-16(2,3)11-17(4,5)12-9-13(18-6)15(20-8)14(10-12)19-7/h9-10H,11H2,1-8H3. The van der Waals surface area contributed by atoms with E-state index < -0.39 is 0 Å². The van der Waals surface area contributed by atoms with Gasteiger partial charge in [0.1, 0.15) is 0 Å². The van der Waals surface area contributed by atoms with Crippen LogP contribution in [-0.4, -0.2) is 21.3 Å². The zero-order valence-corrected chi connectivity index (χ0v) is 14.1. The summed E-state index contributed by atoms with van der Waals surface area (Å²) in [5, 5.41) is 0. The summed E-state index contributed by atoms with van der Waals surface area (Å²) in [6.45, 7) is 11.3. The van der Waals surface area contributed by atoms with Crippen molar-refractivity contribution >= 4 is 0 Å². The Kier molecular flexibility index (Phi) is 4.95. The number of benzene rings is 1. The van der Waals surface area contributed by atoms with E-state index in [0.717, 1.165) is 6.42 Å². The van der Waals surface area contributed by atoms with Gasteiger partial charge in [0.2, 0.25) is 5.75 Å². The molecule has 0 aliphatic carbocycles. The molecule has 0 unspecified atom stereocenters.